The Bertz CT molecular complexity index is 694. The van der Waals surface area contributed by atoms with E-state index in [4.69, 9.17) is 4.74 Å². The lowest BCUT2D eigenvalue weighted by molar-refractivity contribution is -0.0236. The Hall–Kier alpha value is -2.34. The van der Waals surface area contributed by atoms with Crippen LogP contribution in [0.2, 0.25) is 0 Å². The molecule has 0 saturated heterocycles. The molecule has 0 N–H and O–H groups in total. The summed E-state index contributed by atoms with van der Waals surface area (Å²) in [5.41, 5.74) is -4.33. The van der Waals surface area contributed by atoms with Crippen LogP contribution >= 0.6 is 0 Å². The summed E-state index contributed by atoms with van der Waals surface area (Å²) in [5.74, 6) is 0. The van der Waals surface area contributed by atoms with Gasteiger partial charge in [0.15, 0.2) is 10.8 Å². The van der Waals surface area contributed by atoms with Gasteiger partial charge in [-0.25, -0.2) is 0 Å². The molecular formula is C18H20N4O. The molecule has 118 valence electrons. The van der Waals surface area contributed by atoms with Crippen molar-refractivity contribution < 1.29 is 4.74 Å². The molecule has 23 heavy (non-hydrogen) atoms. The molecule has 2 aliphatic carbocycles. The molecule has 5 nitrogen and oxygen atoms in total. The first-order chi connectivity index (χ1) is 10.6. The summed E-state index contributed by atoms with van der Waals surface area (Å²) in [6.07, 6.45) is 0. The fourth-order valence-electron chi connectivity index (χ4n) is 5.63. The molecule has 0 aromatic heterocycles. The molecule has 0 aromatic rings. The molecule has 0 radical (unpaired) electrons. The predicted octanol–water partition coefficient (Wildman–Crippen LogP) is 3.08. The van der Waals surface area contributed by atoms with Gasteiger partial charge in [-0.1, -0.05) is 31.9 Å². The highest BCUT2D eigenvalue weighted by Crippen LogP contribution is 2.86. The Balaban J connectivity index is 3.16. The van der Waals surface area contributed by atoms with E-state index in [2.05, 4.69) is 24.3 Å². The van der Waals surface area contributed by atoms with Crippen LogP contribution in [-0.2, 0) is 4.74 Å². The molecule has 1 fully saturated rings. The van der Waals surface area contributed by atoms with Gasteiger partial charge in [-0.3, -0.25) is 0 Å². The Morgan fingerprint density at radius 1 is 0.783 bits per heavy atom. The Kier molecular flexibility index (Phi) is 3.22. The number of nitrogens with zero attached hydrogens (tertiary/aromatic N) is 4. The summed E-state index contributed by atoms with van der Waals surface area (Å²) in [4.78, 5) is 0. The van der Waals surface area contributed by atoms with Gasteiger partial charge in [0.1, 0.15) is 0 Å². The molecule has 5 heteroatoms. The first kappa shape index (κ1) is 17.0. The molecule has 1 saturated carbocycles. The van der Waals surface area contributed by atoms with Gasteiger partial charge >= 0.3 is 0 Å². The Morgan fingerprint density at radius 2 is 1.09 bits per heavy atom. The van der Waals surface area contributed by atoms with Crippen LogP contribution in [-0.4, -0.2) is 13.7 Å². The van der Waals surface area contributed by atoms with E-state index in [0.717, 1.165) is 11.1 Å². The monoisotopic (exact) mass is 308 g/mol. The second-order valence-electron chi connectivity index (χ2n) is 7.21. The quantitative estimate of drug-likeness (QED) is 0.729. The summed E-state index contributed by atoms with van der Waals surface area (Å²) in [7, 11) is 1.56. The average Bonchev–Trinajstić information content (AvgIpc) is 2.73. The zero-order valence-electron chi connectivity index (χ0n) is 14.4. The van der Waals surface area contributed by atoms with E-state index >= 15 is 0 Å². The molecule has 0 spiro atoms. The van der Waals surface area contributed by atoms with Crippen molar-refractivity contribution in [3.63, 3.8) is 0 Å². The largest absolute Gasteiger partial charge is 0.384 e. The van der Waals surface area contributed by atoms with Crippen LogP contribution in [0.1, 0.15) is 34.6 Å². The van der Waals surface area contributed by atoms with Gasteiger partial charge < -0.3 is 4.74 Å². The number of fused-ring (bicyclic) bond motifs is 2. The van der Waals surface area contributed by atoms with Gasteiger partial charge in [-0.2, -0.15) is 21.0 Å². The second-order valence-corrected chi connectivity index (χ2v) is 7.21. The fraction of sp³-hybridized carbons (Fsp3) is 0.667. The van der Waals surface area contributed by atoms with Gasteiger partial charge in [0.2, 0.25) is 0 Å². The van der Waals surface area contributed by atoms with Crippen molar-refractivity contribution in [2.24, 2.45) is 27.1 Å². The van der Waals surface area contributed by atoms with Crippen molar-refractivity contribution in [3.8, 4) is 24.3 Å². The maximum absolute atomic E-state index is 9.98. The number of nitriles is 4. The van der Waals surface area contributed by atoms with Gasteiger partial charge in [-0.05, 0) is 13.8 Å². The average molecular weight is 308 g/mol. The first-order valence-electron chi connectivity index (χ1n) is 7.44. The number of allylic oxidation sites excluding steroid dienone is 2. The number of rotatable bonds is 2. The fourth-order valence-corrected chi connectivity index (χ4v) is 5.63. The van der Waals surface area contributed by atoms with Gasteiger partial charge in [0.05, 0.1) is 30.9 Å². The lowest BCUT2D eigenvalue weighted by atomic mass is 9.49. The number of methoxy groups -OCH3 is 1. The summed E-state index contributed by atoms with van der Waals surface area (Å²) in [6.45, 7) is 9.65. The summed E-state index contributed by atoms with van der Waals surface area (Å²) < 4.78 is 5.44. The topological polar surface area (TPSA) is 104 Å². The molecular weight excluding hydrogens is 288 g/mol. The highest BCUT2D eigenvalue weighted by molar-refractivity contribution is 5.61. The van der Waals surface area contributed by atoms with Crippen molar-refractivity contribution in [2.75, 3.05) is 13.7 Å². The molecule has 0 aliphatic heterocycles. The number of hydrogen-bond acceptors (Lipinski definition) is 5. The smallest absolute Gasteiger partial charge is 0.185 e. The normalized spacial score (nSPS) is 39.2. The van der Waals surface area contributed by atoms with Crippen LogP contribution < -0.4 is 0 Å². The molecule has 0 aromatic carbocycles. The van der Waals surface area contributed by atoms with E-state index < -0.39 is 27.1 Å². The standard InChI is InChI=1S/C18H20N4O/c1-12-13(2)16(5)14(3,11-23-6)15(12,4)17(7-19,8-20)18(16,9-21)10-22/h11H2,1-6H3/t14?,15-,16+. The first-order valence-corrected chi connectivity index (χ1v) is 7.44. The highest BCUT2D eigenvalue weighted by Gasteiger charge is 2.90. The number of hydrogen-bond donors (Lipinski definition) is 0. The van der Waals surface area contributed by atoms with Crippen LogP contribution in [0.15, 0.2) is 11.1 Å². The van der Waals surface area contributed by atoms with Crippen LogP contribution in [0, 0.1) is 72.4 Å². The lowest BCUT2D eigenvalue weighted by Crippen LogP contribution is -2.51. The van der Waals surface area contributed by atoms with Crippen LogP contribution in [0.3, 0.4) is 0 Å². The van der Waals surface area contributed by atoms with E-state index in [1.807, 2.05) is 34.6 Å². The molecule has 1 unspecified atom stereocenters. The lowest BCUT2D eigenvalue weighted by Gasteiger charge is -2.44. The van der Waals surface area contributed by atoms with E-state index in [1.54, 1.807) is 7.11 Å². The Labute approximate surface area is 137 Å². The van der Waals surface area contributed by atoms with Crippen molar-refractivity contribution >= 4 is 0 Å². The van der Waals surface area contributed by atoms with Crippen molar-refractivity contribution in [3.05, 3.63) is 11.1 Å². The predicted molar refractivity (Wildman–Crippen MR) is 81.9 cm³/mol. The minimum atomic E-state index is -1.75. The van der Waals surface area contributed by atoms with E-state index in [-0.39, 0.29) is 6.61 Å². The number of ether oxygens (including phenoxy) is 1. The third-order valence-electron chi connectivity index (χ3n) is 7.44. The molecule has 2 rings (SSSR count). The third-order valence-corrected chi connectivity index (χ3v) is 7.44. The minimum Gasteiger partial charge on any atom is -0.384 e. The van der Waals surface area contributed by atoms with E-state index in [0.29, 0.717) is 0 Å². The third kappa shape index (κ3) is 1.10. The molecule has 0 heterocycles. The van der Waals surface area contributed by atoms with Crippen LogP contribution in [0.4, 0.5) is 0 Å². The molecule has 2 aliphatic rings. The minimum absolute atomic E-state index is 0.255. The maximum atomic E-state index is 9.98. The summed E-state index contributed by atoms with van der Waals surface area (Å²) in [5, 5.41) is 39.9. The van der Waals surface area contributed by atoms with Crippen molar-refractivity contribution in [1.82, 2.24) is 0 Å². The van der Waals surface area contributed by atoms with Gasteiger partial charge in [-0.15, -0.1) is 0 Å². The Morgan fingerprint density at radius 3 is 1.30 bits per heavy atom. The second kappa shape index (κ2) is 4.35. The van der Waals surface area contributed by atoms with Gasteiger partial charge in [0.25, 0.3) is 0 Å². The van der Waals surface area contributed by atoms with Gasteiger partial charge in [0, 0.05) is 23.4 Å². The van der Waals surface area contributed by atoms with Crippen molar-refractivity contribution in [2.45, 2.75) is 34.6 Å². The molecule has 2 bridgehead atoms. The van der Waals surface area contributed by atoms with Crippen molar-refractivity contribution in [1.29, 1.82) is 21.0 Å². The zero-order valence-corrected chi connectivity index (χ0v) is 14.4. The SMILES string of the molecule is COCC1(C)[C@@]2(C)C(C)=C(C)[C@]1(C)C(C#N)(C#N)C2(C#N)C#N. The van der Waals surface area contributed by atoms with Crippen LogP contribution in [0.5, 0.6) is 0 Å². The van der Waals surface area contributed by atoms with E-state index in [9.17, 15) is 21.0 Å². The zero-order chi connectivity index (χ0) is 17.9. The highest BCUT2D eigenvalue weighted by atomic mass is 16.5. The summed E-state index contributed by atoms with van der Waals surface area (Å²) >= 11 is 0. The van der Waals surface area contributed by atoms with Crippen LogP contribution in [0.25, 0.3) is 0 Å². The summed E-state index contributed by atoms with van der Waals surface area (Å²) in [6, 6.07) is 8.34. The molecule has 0 amide bonds. The van der Waals surface area contributed by atoms with E-state index in [1.165, 1.54) is 0 Å². The maximum Gasteiger partial charge on any atom is 0.185 e. The molecule has 3 atom stereocenters.